The van der Waals surface area contributed by atoms with E-state index in [1.54, 1.807) is 0 Å². The van der Waals surface area contributed by atoms with E-state index in [9.17, 15) is 18.0 Å². The van der Waals surface area contributed by atoms with Gasteiger partial charge in [-0.3, -0.25) is 0 Å². The lowest BCUT2D eigenvalue weighted by molar-refractivity contribution is -0.905. The fourth-order valence-electron chi connectivity index (χ4n) is 2.82. The summed E-state index contributed by atoms with van der Waals surface area (Å²) in [7, 11) is 3.35. The Labute approximate surface area is 144 Å². The van der Waals surface area contributed by atoms with Crippen molar-refractivity contribution in [2.75, 3.05) is 33.8 Å². The molecule has 1 aromatic heterocycles. The van der Waals surface area contributed by atoms with Gasteiger partial charge in [-0.15, -0.1) is 0 Å². The molecule has 2 rings (SSSR count). The van der Waals surface area contributed by atoms with E-state index in [4.69, 9.17) is 9.15 Å². The van der Waals surface area contributed by atoms with Crippen molar-refractivity contribution < 1.29 is 26.8 Å². The number of nitrogens with zero attached hydrogens (tertiary/aromatic N) is 1. The van der Waals surface area contributed by atoms with Gasteiger partial charge < -0.3 is 13.6 Å². The lowest BCUT2D eigenvalue weighted by Gasteiger charge is -2.32. The molecule has 7 heteroatoms. The highest BCUT2D eigenvalue weighted by atomic mass is 19.4. The molecule has 0 aliphatic heterocycles. The molecule has 138 valence electrons. The molecule has 0 radical (unpaired) electrons. The molecule has 0 unspecified atom stereocenters. The van der Waals surface area contributed by atoms with Gasteiger partial charge in [-0.2, -0.15) is 13.2 Å². The van der Waals surface area contributed by atoms with Crippen LogP contribution in [0.15, 0.2) is 27.4 Å². The van der Waals surface area contributed by atoms with Crippen LogP contribution in [0.1, 0.15) is 25.0 Å². The molecule has 0 spiro atoms. The van der Waals surface area contributed by atoms with Gasteiger partial charge in [-0.05, 0) is 26.0 Å². The summed E-state index contributed by atoms with van der Waals surface area (Å²) in [6.45, 7) is 5.93. The van der Waals surface area contributed by atoms with Gasteiger partial charge in [0, 0.05) is 17.9 Å². The Kier molecular flexibility index (Phi) is 5.46. The standard InChI is InChI=1S/C18H23F3NO3/c1-5-22(3,6-2)10-9-14-16(18(19,20)21)13-8-7-12(24-4)11-15(13)25-17(14)23/h7-8,11H,5-6,9-10H2,1-4H3/q+1. The summed E-state index contributed by atoms with van der Waals surface area (Å²) in [5.41, 5.74) is -2.27. The summed E-state index contributed by atoms with van der Waals surface area (Å²) in [6, 6.07) is 4.02. The monoisotopic (exact) mass is 358 g/mol. The lowest BCUT2D eigenvalue weighted by Crippen LogP contribution is -2.45. The van der Waals surface area contributed by atoms with Crippen LogP contribution in [0.3, 0.4) is 0 Å². The van der Waals surface area contributed by atoms with Gasteiger partial charge >= 0.3 is 11.8 Å². The van der Waals surface area contributed by atoms with Crippen molar-refractivity contribution in [2.24, 2.45) is 0 Å². The molecule has 0 N–H and O–H groups in total. The summed E-state index contributed by atoms with van der Waals surface area (Å²) in [5, 5.41) is -0.120. The Morgan fingerprint density at radius 3 is 2.36 bits per heavy atom. The summed E-state index contributed by atoms with van der Waals surface area (Å²) in [6.07, 6.45) is -4.63. The molecule has 1 heterocycles. The minimum atomic E-state index is -4.64. The maximum Gasteiger partial charge on any atom is 0.417 e. The Bertz CT molecular complexity index is 808. The summed E-state index contributed by atoms with van der Waals surface area (Å²) >= 11 is 0. The van der Waals surface area contributed by atoms with Crippen LogP contribution in [0.4, 0.5) is 13.2 Å². The molecule has 25 heavy (non-hydrogen) atoms. The average Bonchev–Trinajstić information content (AvgIpc) is 2.57. The van der Waals surface area contributed by atoms with Gasteiger partial charge in [-0.25, -0.2) is 4.79 Å². The van der Waals surface area contributed by atoms with Crippen molar-refractivity contribution in [3.05, 3.63) is 39.7 Å². The largest absolute Gasteiger partial charge is 0.497 e. The van der Waals surface area contributed by atoms with E-state index in [1.165, 1.54) is 25.3 Å². The highest BCUT2D eigenvalue weighted by Gasteiger charge is 2.38. The maximum atomic E-state index is 13.7. The van der Waals surface area contributed by atoms with Crippen LogP contribution in [-0.2, 0) is 12.6 Å². The maximum absolute atomic E-state index is 13.7. The van der Waals surface area contributed by atoms with Crippen LogP contribution >= 0.6 is 0 Å². The van der Waals surface area contributed by atoms with Gasteiger partial charge in [-0.1, -0.05) is 0 Å². The molecule has 0 aliphatic carbocycles. The molecule has 0 fully saturated rings. The molecule has 2 aromatic rings. The van der Waals surface area contributed by atoms with Crippen LogP contribution in [0.5, 0.6) is 5.75 Å². The molecule has 0 saturated heterocycles. The second-order valence-electron chi connectivity index (χ2n) is 6.33. The number of halogens is 3. The van der Waals surface area contributed by atoms with Gasteiger partial charge in [0.05, 0.1) is 44.9 Å². The van der Waals surface area contributed by atoms with E-state index < -0.39 is 17.4 Å². The Hall–Kier alpha value is -2.02. The lowest BCUT2D eigenvalue weighted by atomic mass is 10.0. The highest BCUT2D eigenvalue weighted by molar-refractivity contribution is 5.83. The average molecular weight is 358 g/mol. The molecule has 0 aliphatic rings. The van der Waals surface area contributed by atoms with Gasteiger partial charge in [0.2, 0.25) is 0 Å². The van der Waals surface area contributed by atoms with E-state index in [0.717, 1.165) is 13.1 Å². The van der Waals surface area contributed by atoms with Crippen LogP contribution in [0, 0.1) is 0 Å². The zero-order valence-electron chi connectivity index (χ0n) is 14.9. The van der Waals surface area contributed by atoms with Gasteiger partial charge in [0.1, 0.15) is 11.3 Å². The van der Waals surface area contributed by atoms with E-state index in [2.05, 4.69) is 0 Å². The fraction of sp³-hybridized carbons (Fsp3) is 0.500. The van der Waals surface area contributed by atoms with Gasteiger partial charge in [0.25, 0.3) is 0 Å². The van der Waals surface area contributed by atoms with Crippen molar-refractivity contribution in [3.8, 4) is 5.75 Å². The summed E-state index contributed by atoms with van der Waals surface area (Å²) in [5.74, 6) is 0.331. The van der Waals surface area contributed by atoms with E-state index in [1.807, 2.05) is 20.9 Å². The Morgan fingerprint density at radius 2 is 1.84 bits per heavy atom. The number of alkyl halides is 3. The quantitative estimate of drug-likeness (QED) is 0.582. The third-order valence-corrected chi connectivity index (χ3v) is 4.92. The number of hydrogen-bond acceptors (Lipinski definition) is 3. The second kappa shape index (κ2) is 7.07. The topological polar surface area (TPSA) is 39.4 Å². The minimum Gasteiger partial charge on any atom is -0.497 e. The van der Waals surface area contributed by atoms with Crippen molar-refractivity contribution >= 4 is 11.0 Å². The third kappa shape index (κ3) is 3.98. The van der Waals surface area contributed by atoms with Crippen molar-refractivity contribution in [1.29, 1.82) is 0 Å². The molecule has 0 bridgehead atoms. The number of fused-ring (bicyclic) bond motifs is 1. The van der Waals surface area contributed by atoms with Crippen LogP contribution in [-0.4, -0.2) is 38.3 Å². The van der Waals surface area contributed by atoms with Crippen molar-refractivity contribution in [1.82, 2.24) is 0 Å². The zero-order valence-corrected chi connectivity index (χ0v) is 14.9. The summed E-state index contributed by atoms with van der Waals surface area (Å²) < 4.78 is 51.9. The molecule has 0 saturated carbocycles. The summed E-state index contributed by atoms with van der Waals surface area (Å²) in [4.78, 5) is 12.3. The minimum absolute atomic E-state index is 0.0112. The third-order valence-electron chi connectivity index (χ3n) is 4.92. The predicted molar refractivity (Wildman–Crippen MR) is 89.9 cm³/mol. The molecule has 4 nitrogen and oxygen atoms in total. The van der Waals surface area contributed by atoms with Crippen molar-refractivity contribution in [2.45, 2.75) is 26.4 Å². The molecule has 1 aromatic carbocycles. The number of ether oxygens (including phenoxy) is 1. The van der Waals surface area contributed by atoms with E-state index >= 15 is 0 Å². The smallest absolute Gasteiger partial charge is 0.417 e. The Morgan fingerprint density at radius 1 is 1.20 bits per heavy atom. The number of rotatable bonds is 6. The first kappa shape index (κ1) is 19.3. The van der Waals surface area contributed by atoms with Crippen LogP contribution in [0.25, 0.3) is 11.0 Å². The van der Waals surface area contributed by atoms with Crippen molar-refractivity contribution in [3.63, 3.8) is 0 Å². The van der Waals surface area contributed by atoms with Gasteiger partial charge in [0.15, 0.2) is 0 Å². The SMILES string of the molecule is CC[N+](C)(CC)CCc1c(C(F)(F)F)c2ccc(OC)cc2oc1=O. The zero-order chi connectivity index (χ0) is 18.8. The normalized spacial score (nSPS) is 12.6. The number of hydrogen-bond donors (Lipinski definition) is 0. The first-order valence-electron chi connectivity index (χ1n) is 8.19. The molecular formula is C18H23F3NO3+. The number of likely N-dealkylation sites (N-methyl/N-ethyl adjacent to an activating group) is 1. The van der Waals surface area contributed by atoms with E-state index in [-0.39, 0.29) is 23.0 Å². The fourth-order valence-corrected chi connectivity index (χ4v) is 2.82. The predicted octanol–water partition coefficient (Wildman–Crippen LogP) is 3.85. The first-order valence-corrected chi connectivity index (χ1v) is 8.19. The number of benzene rings is 1. The Balaban J connectivity index is 2.63. The van der Waals surface area contributed by atoms with Crippen LogP contribution < -0.4 is 10.4 Å². The molecule has 0 atom stereocenters. The highest BCUT2D eigenvalue weighted by Crippen LogP contribution is 2.37. The molecular weight excluding hydrogens is 335 g/mol. The van der Waals surface area contributed by atoms with E-state index in [0.29, 0.717) is 16.8 Å². The first-order chi connectivity index (χ1) is 11.6. The van der Waals surface area contributed by atoms with Crippen LogP contribution in [0.2, 0.25) is 0 Å². The number of methoxy groups -OCH3 is 1. The number of quaternary nitrogens is 1. The molecule has 0 amide bonds. The second-order valence-corrected chi connectivity index (χ2v) is 6.33.